The molecule has 1 saturated heterocycles. The second kappa shape index (κ2) is 6.25. The standard InChI is InChI=1S/C13H20F2N4/c1-2-11(8-16)18-3-5-19(6-4-18)13-12(15)7-10(14)9-17-13/h7,9,11H,2-6,8,16H2,1H3. The Kier molecular flexibility index (Phi) is 4.66. The zero-order chi connectivity index (χ0) is 13.8. The van der Waals surface area contributed by atoms with Crippen LogP contribution in [0.1, 0.15) is 13.3 Å². The molecule has 2 heterocycles. The number of anilines is 1. The lowest BCUT2D eigenvalue weighted by Gasteiger charge is -2.39. The highest BCUT2D eigenvalue weighted by molar-refractivity contribution is 5.40. The molecule has 1 aromatic rings. The Morgan fingerprint density at radius 3 is 2.53 bits per heavy atom. The van der Waals surface area contributed by atoms with Crippen molar-refractivity contribution in [3.8, 4) is 0 Å². The van der Waals surface area contributed by atoms with Gasteiger partial charge in [0, 0.05) is 44.8 Å². The monoisotopic (exact) mass is 270 g/mol. The summed E-state index contributed by atoms with van der Waals surface area (Å²) >= 11 is 0. The molecule has 2 rings (SSSR count). The summed E-state index contributed by atoms with van der Waals surface area (Å²) < 4.78 is 26.5. The molecule has 0 radical (unpaired) electrons. The summed E-state index contributed by atoms with van der Waals surface area (Å²) in [6.07, 6.45) is 2.07. The Morgan fingerprint density at radius 1 is 1.32 bits per heavy atom. The van der Waals surface area contributed by atoms with Gasteiger partial charge in [0.2, 0.25) is 0 Å². The molecule has 19 heavy (non-hydrogen) atoms. The quantitative estimate of drug-likeness (QED) is 0.893. The van der Waals surface area contributed by atoms with Crippen molar-refractivity contribution in [1.29, 1.82) is 0 Å². The van der Waals surface area contributed by atoms with E-state index in [1.807, 2.05) is 4.90 Å². The zero-order valence-electron chi connectivity index (χ0n) is 11.1. The molecule has 1 aliphatic rings. The van der Waals surface area contributed by atoms with Crippen molar-refractivity contribution in [2.45, 2.75) is 19.4 Å². The van der Waals surface area contributed by atoms with Gasteiger partial charge in [-0.05, 0) is 6.42 Å². The summed E-state index contributed by atoms with van der Waals surface area (Å²) in [6, 6.07) is 1.26. The first-order valence-corrected chi connectivity index (χ1v) is 6.65. The molecule has 0 spiro atoms. The lowest BCUT2D eigenvalue weighted by atomic mass is 10.1. The summed E-state index contributed by atoms with van der Waals surface area (Å²) in [5.74, 6) is -1.00. The molecule has 0 saturated carbocycles. The van der Waals surface area contributed by atoms with Crippen LogP contribution < -0.4 is 10.6 Å². The zero-order valence-corrected chi connectivity index (χ0v) is 11.1. The van der Waals surface area contributed by atoms with E-state index in [1.54, 1.807) is 0 Å². The molecular weight excluding hydrogens is 250 g/mol. The van der Waals surface area contributed by atoms with Gasteiger partial charge in [0.25, 0.3) is 0 Å². The number of nitrogens with two attached hydrogens (primary N) is 1. The fourth-order valence-electron chi connectivity index (χ4n) is 2.51. The third kappa shape index (κ3) is 3.19. The van der Waals surface area contributed by atoms with Crippen molar-refractivity contribution < 1.29 is 8.78 Å². The summed E-state index contributed by atoms with van der Waals surface area (Å²) in [7, 11) is 0. The molecule has 1 fully saturated rings. The maximum absolute atomic E-state index is 13.6. The smallest absolute Gasteiger partial charge is 0.168 e. The number of rotatable bonds is 4. The lowest BCUT2D eigenvalue weighted by Crippen LogP contribution is -2.52. The lowest BCUT2D eigenvalue weighted by molar-refractivity contribution is 0.184. The number of piperazine rings is 1. The van der Waals surface area contributed by atoms with Crippen LogP contribution in [0.3, 0.4) is 0 Å². The largest absolute Gasteiger partial charge is 0.352 e. The van der Waals surface area contributed by atoms with Crippen LogP contribution in [0.25, 0.3) is 0 Å². The van der Waals surface area contributed by atoms with Crippen molar-refractivity contribution in [1.82, 2.24) is 9.88 Å². The van der Waals surface area contributed by atoms with Gasteiger partial charge in [0.1, 0.15) is 5.82 Å². The van der Waals surface area contributed by atoms with Gasteiger partial charge in [0.05, 0.1) is 6.20 Å². The summed E-state index contributed by atoms with van der Waals surface area (Å²) in [6.45, 7) is 5.78. The molecule has 0 aromatic carbocycles. The highest BCUT2D eigenvalue weighted by Gasteiger charge is 2.24. The molecule has 0 aliphatic carbocycles. The molecule has 1 unspecified atom stereocenters. The Balaban J connectivity index is 1.99. The van der Waals surface area contributed by atoms with Crippen molar-refractivity contribution >= 4 is 5.82 Å². The molecule has 0 bridgehead atoms. The molecule has 1 aromatic heterocycles. The van der Waals surface area contributed by atoms with Gasteiger partial charge in [-0.2, -0.15) is 0 Å². The normalized spacial score (nSPS) is 18.6. The molecular formula is C13H20F2N4. The first kappa shape index (κ1) is 14.1. The van der Waals surface area contributed by atoms with E-state index >= 15 is 0 Å². The van der Waals surface area contributed by atoms with Crippen LogP contribution in [0.4, 0.5) is 14.6 Å². The molecule has 4 nitrogen and oxygen atoms in total. The van der Waals surface area contributed by atoms with Gasteiger partial charge < -0.3 is 10.6 Å². The molecule has 0 amide bonds. The third-order valence-corrected chi connectivity index (χ3v) is 3.66. The average molecular weight is 270 g/mol. The van der Waals surface area contributed by atoms with E-state index in [9.17, 15) is 8.78 Å². The highest BCUT2D eigenvalue weighted by atomic mass is 19.1. The van der Waals surface area contributed by atoms with E-state index in [0.29, 0.717) is 25.7 Å². The predicted octanol–water partition coefficient (Wildman–Crippen LogP) is 1.22. The van der Waals surface area contributed by atoms with Crippen LogP contribution in [0.15, 0.2) is 12.3 Å². The van der Waals surface area contributed by atoms with Crippen molar-refractivity contribution in [2.24, 2.45) is 5.73 Å². The average Bonchev–Trinajstić information content (AvgIpc) is 2.41. The van der Waals surface area contributed by atoms with Crippen LogP contribution >= 0.6 is 0 Å². The molecule has 1 atom stereocenters. The Morgan fingerprint density at radius 2 is 2.00 bits per heavy atom. The van der Waals surface area contributed by atoms with Gasteiger partial charge in [-0.3, -0.25) is 4.90 Å². The van der Waals surface area contributed by atoms with Crippen LogP contribution in [0.5, 0.6) is 0 Å². The van der Waals surface area contributed by atoms with Crippen molar-refractivity contribution in [2.75, 3.05) is 37.6 Å². The number of hydrogen-bond acceptors (Lipinski definition) is 4. The van der Waals surface area contributed by atoms with Crippen molar-refractivity contribution in [3.05, 3.63) is 23.9 Å². The van der Waals surface area contributed by atoms with Crippen molar-refractivity contribution in [3.63, 3.8) is 0 Å². The maximum Gasteiger partial charge on any atom is 0.168 e. The number of aromatic nitrogens is 1. The van der Waals surface area contributed by atoms with Gasteiger partial charge in [0.15, 0.2) is 11.6 Å². The second-order valence-electron chi connectivity index (χ2n) is 4.78. The van der Waals surface area contributed by atoms with Gasteiger partial charge in [-0.15, -0.1) is 0 Å². The van der Waals surface area contributed by atoms with Gasteiger partial charge in [-0.1, -0.05) is 6.92 Å². The number of nitrogens with zero attached hydrogens (tertiary/aromatic N) is 3. The van der Waals surface area contributed by atoms with E-state index in [2.05, 4.69) is 16.8 Å². The van der Waals surface area contributed by atoms with E-state index in [0.717, 1.165) is 31.8 Å². The van der Waals surface area contributed by atoms with Crippen LogP contribution in [-0.2, 0) is 0 Å². The third-order valence-electron chi connectivity index (χ3n) is 3.66. The summed E-state index contributed by atoms with van der Waals surface area (Å²) in [5, 5.41) is 0. The predicted molar refractivity (Wildman–Crippen MR) is 71.1 cm³/mol. The molecule has 1 aliphatic heterocycles. The number of pyridine rings is 1. The fraction of sp³-hybridized carbons (Fsp3) is 0.615. The minimum absolute atomic E-state index is 0.238. The Labute approximate surface area is 112 Å². The molecule has 2 N–H and O–H groups in total. The van der Waals surface area contributed by atoms with Gasteiger partial charge in [-0.25, -0.2) is 13.8 Å². The van der Waals surface area contributed by atoms with Gasteiger partial charge >= 0.3 is 0 Å². The highest BCUT2D eigenvalue weighted by Crippen LogP contribution is 2.19. The van der Waals surface area contributed by atoms with E-state index < -0.39 is 11.6 Å². The Bertz CT molecular complexity index is 415. The minimum Gasteiger partial charge on any atom is -0.352 e. The van der Waals surface area contributed by atoms with Crippen LogP contribution in [-0.4, -0.2) is 48.6 Å². The van der Waals surface area contributed by atoms with Crippen LogP contribution in [0.2, 0.25) is 0 Å². The first-order chi connectivity index (χ1) is 9.15. The van der Waals surface area contributed by atoms with E-state index in [1.165, 1.54) is 0 Å². The number of halogens is 2. The molecule has 106 valence electrons. The maximum atomic E-state index is 13.6. The van der Waals surface area contributed by atoms with Crippen LogP contribution in [0, 0.1) is 11.6 Å². The van der Waals surface area contributed by atoms with E-state index in [4.69, 9.17) is 5.73 Å². The first-order valence-electron chi connectivity index (χ1n) is 6.65. The topological polar surface area (TPSA) is 45.4 Å². The number of hydrogen-bond donors (Lipinski definition) is 1. The summed E-state index contributed by atoms with van der Waals surface area (Å²) in [5.41, 5.74) is 5.73. The summed E-state index contributed by atoms with van der Waals surface area (Å²) in [4.78, 5) is 8.02. The second-order valence-corrected chi connectivity index (χ2v) is 4.78. The fourth-order valence-corrected chi connectivity index (χ4v) is 2.51. The SMILES string of the molecule is CCC(CN)N1CCN(c2ncc(F)cc2F)CC1. The van der Waals surface area contributed by atoms with E-state index in [-0.39, 0.29) is 5.82 Å². The molecule has 6 heteroatoms. The Hall–Kier alpha value is -1.27. The minimum atomic E-state index is -0.644.